The normalized spacial score (nSPS) is 18.9. The van der Waals surface area contributed by atoms with E-state index in [0.29, 0.717) is 6.10 Å². The lowest BCUT2D eigenvalue weighted by Crippen LogP contribution is -2.20. The van der Waals surface area contributed by atoms with Gasteiger partial charge in [-0.3, -0.25) is 9.36 Å². The van der Waals surface area contributed by atoms with Crippen LogP contribution < -0.4 is 5.56 Å². The number of fused-ring (bicyclic) bond motifs is 1. The number of aryl methyl sites for hydroxylation is 2. The summed E-state index contributed by atoms with van der Waals surface area (Å²) in [6, 6.07) is 0. The van der Waals surface area contributed by atoms with Gasteiger partial charge in [-0.25, -0.2) is 4.98 Å². The summed E-state index contributed by atoms with van der Waals surface area (Å²) in [5, 5.41) is 2.00. The summed E-state index contributed by atoms with van der Waals surface area (Å²) in [6.07, 6.45) is 7.77. The first-order valence-corrected chi connectivity index (χ1v) is 8.18. The predicted octanol–water partition coefficient (Wildman–Crippen LogP) is 3.12. The summed E-state index contributed by atoms with van der Waals surface area (Å²) in [5.41, 5.74) is 2.05. The van der Waals surface area contributed by atoms with Gasteiger partial charge < -0.3 is 4.74 Å². The van der Waals surface area contributed by atoms with Crippen LogP contribution in [0.1, 0.15) is 37.7 Å². The molecule has 0 amide bonds. The summed E-state index contributed by atoms with van der Waals surface area (Å²) in [7, 11) is 0. The topological polar surface area (TPSA) is 44.1 Å². The monoisotopic (exact) mass is 292 g/mol. The van der Waals surface area contributed by atoms with Crippen LogP contribution in [0.25, 0.3) is 10.2 Å². The molecule has 5 heteroatoms. The molecular formula is C15H20N2O2S. The zero-order valence-corrected chi connectivity index (χ0v) is 12.6. The molecule has 2 aromatic heterocycles. The maximum atomic E-state index is 12.3. The first-order valence-electron chi connectivity index (χ1n) is 7.30. The number of hydrogen-bond acceptors (Lipinski definition) is 4. The summed E-state index contributed by atoms with van der Waals surface area (Å²) in [5.74, 6) is 0. The Hall–Kier alpha value is -1.20. The lowest BCUT2D eigenvalue weighted by atomic mass is 10.1. The van der Waals surface area contributed by atoms with Crippen molar-refractivity contribution >= 4 is 21.6 Å². The number of ether oxygens (including phenoxy) is 1. The van der Waals surface area contributed by atoms with E-state index in [0.717, 1.165) is 48.2 Å². The highest BCUT2D eigenvalue weighted by molar-refractivity contribution is 7.17. The van der Waals surface area contributed by atoms with Gasteiger partial charge in [0.25, 0.3) is 5.56 Å². The Morgan fingerprint density at radius 1 is 1.50 bits per heavy atom. The number of hydrogen-bond donors (Lipinski definition) is 0. The zero-order chi connectivity index (χ0) is 13.9. The second-order valence-corrected chi connectivity index (χ2v) is 6.35. The van der Waals surface area contributed by atoms with Gasteiger partial charge in [0.1, 0.15) is 4.70 Å². The predicted molar refractivity (Wildman–Crippen MR) is 81.4 cm³/mol. The Balaban J connectivity index is 1.60. The fourth-order valence-corrected chi connectivity index (χ4v) is 3.70. The smallest absolute Gasteiger partial charge is 0.271 e. The van der Waals surface area contributed by atoms with Crippen LogP contribution in [0.5, 0.6) is 0 Å². The molecule has 1 aliphatic heterocycles. The molecule has 4 nitrogen and oxygen atoms in total. The maximum absolute atomic E-state index is 12.3. The van der Waals surface area contributed by atoms with Gasteiger partial charge in [-0.2, -0.15) is 0 Å². The average molecular weight is 292 g/mol. The second kappa shape index (κ2) is 6.06. The van der Waals surface area contributed by atoms with Crippen LogP contribution in [0.2, 0.25) is 0 Å². The standard InChI is InChI=1S/C15H20N2O2S/c1-11-9-20-14-13(11)16-10-17(15(14)18)7-3-2-5-12-6-4-8-19-12/h9-10,12H,2-8H2,1H3. The molecule has 0 bridgehead atoms. The highest BCUT2D eigenvalue weighted by Crippen LogP contribution is 2.20. The van der Waals surface area contributed by atoms with Crippen LogP contribution in [-0.4, -0.2) is 22.3 Å². The van der Waals surface area contributed by atoms with Crippen molar-refractivity contribution in [1.82, 2.24) is 9.55 Å². The van der Waals surface area contributed by atoms with Gasteiger partial charge >= 0.3 is 0 Å². The van der Waals surface area contributed by atoms with Crippen molar-refractivity contribution in [3.8, 4) is 0 Å². The van der Waals surface area contributed by atoms with Gasteiger partial charge in [0.15, 0.2) is 0 Å². The first-order chi connectivity index (χ1) is 9.75. The van der Waals surface area contributed by atoms with Crippen LogP contribution in [0.15, 0.2) is 16.5 Å². The molecule has 20 heavy (non-hydrogen) atoms. The largest absolute Gasteiger partial charge is 0.378 e. The van der Waals surface area contributed by atoms with E-state index in [1.807, 2.05) is 12.3 Å². The molecule has 0 radical (unpaired) electrons. The average Bonchev–Trinajstić information content (AvgIpc) is 3.08. The van der Waals surface area contributed by atoms with E-state index >= 15 is 0 Å². The maximum Gasteiger partial charge on any atom is 0.271 e. The third kappa shape index (κ3) is 2.79. The fraction of sp³-hybridized carbons (Fsp3) is 0.600. The molecule has 0 N–H and O–H groups in total. The lowest BCUT2D eigenvalue weighted by molar-refractivity contribution is 0.102. The number of unbranched alkanes of at least 4 members (excludes halogenated alkanes) is 1. The van der Waals surface area contributed by atoms with Crippen LogP contribution in [0, 0.1) is 6.92 Å². The molecule has 1 fully saturated rings. The minimum atomic E-state index is 0.102. The molecular weight excluding hydrogens is 272 g/mol. The molecule has 0 aliphatic carbocycles. The van der Waals surface area contributed by atoms with E-state index in [2.05, 4.69) is 4.98 Å². The molecule has 1 saturated heterocycles. The van der Waals surface area contributed by atoms with Gasteiger partial charge in [0.05, 0.1) is 17.9 Å². The molecule has 3 rings (SSSR count). The first kappa shape index (κ1) is 13.8. The Morgan fingerprint density at radius 2 is 2.40 bits per heavy atom. The van der Waals surface area contributed by atoms with Crippen LogP contribution in [-0.2, 0) is 11.3 Å². The molecule has 0 saturated carbocycles. The number of aromatic nitrogens is 2. The van der Waals surface area contributed by atoms with Crippen molar-refractivity contribution in [3.63, 3.8) is 0 Å². The molecule has 0 spiro atoms. The Morgan fingerprint density at radius 3 is 3.20 bits per heavy atom. The Kier molecular flexibility index (Phi) is 4.17. The van der Waals surface area contributed by atoms with Crippen molar-refractivity contribution in [1.29, 1.82) is 0 Å². The summed E-state index contributed by atoms with van der Waals surface area (Å²) >= 11 is 1.50. The fourth-order valence-electron chi connectivity index (χ4n) is 2.75. The summed E-state index contributed by atoms with van der Waals surface area (Å²) in [6.45, 7) is 3.67. The molecule has 0 aromatic carbocycles. The highest BCUT2D eigenvalue weighted by atomic mass is 32.1. The van der Waals surface area contributed by atoms with E-state index in [1.165, 1.54) is 24.2 Å². The minimum absolute atomic E-state index is 0.102. The van der Waals surface area contributed by atoms with Gasteiger partial charge in [-0.1, -0.05) is 0 Å². The van der Waals surface area contributed by atoms with Crippen LogP contribution in [0.4, 0.5) is 0 Å². The Labute approximate surface area is 122 Å². The molecule has 1 aliphatic rings. The highest BCUT2D eigenvalue weighted by Gasteiger charge is 2.14. The molecule has 2 aromatic rings. The van der Waals surface area contributed by atoms with Crippen molar-refractivity contribution in [2.45, 2.75) is 51.7 Å². The number of nitrogens with zero attached hydrogens (tertiary/aromatic N) is 2. The summed E-state index contributed by atoms with van der Waals surface area (Å²) < 4.78 is 8.14. The van der Waals surface area contributed by atoms with Crippen molar-refractivity contribution in [2.24, 2.45) is 0 Å². The Bertz CT molecular complexity index is 641. The SMILES string of the molecule is Cc1csc2c(=O)n(CCCCC3CCCO3)cnc12. The minimum Gasteiger partial charge on any atom is -0.378 e. The van der Waals surface area contributed by atoms with Crippen molar-refractivity contribution < 1.29 is 4.74 Å². The molecule has 3 heterocycles. The van der Waals surface area contributed by atoms with Crippen molar-refractivity contribution in [3.05, 3.63) is 27.6 Å². The number of thiophene rings is 1. The van der Waals surface area contributed by atoms with E-state index in [4.69, 9.17) is 4.74 Å². The van der Waals surface area contributed by atoms with E-state index in [1.54, 1.807) is 10.9 Å². The molecule has 108 valence electrons. The van der Waals surface area contributed by atoms with Gasteiger partial charge in [0.2, 0.25) is 0 Å². The van der Waals surface area contributed by atoms with E-state index in [-0.39, 0.29) is 5.56 Å². The quantitative estimate of drug-likeness (QED) is 0.795. The third-order valence-corrected chi connectivity index (χ3v) is 5.00. The number of rotatable bonds is 5. The van der Waals surface area contributed by atoms with Crippen LogP contribution in [0.3, 0.4) is 0 Å². The van der Waals surface area contributed by atoms with E-state index in [9.17, 15) is 4.79 Å². The van der Waals surface area contributed by atoms with Crippen LogP contribution >= 0.6 is 11.3 Å². The lowest BCUT2D eigenvalue weighted by Gasteiger charge is -2.09. The van der Waals surface area contributed by atoms with Gasteiger partial charge in [-0.05, 0) is 50.0 Å². The van der Waals surface area contributed by atoms with Gasteiger partial charge in [-0.15, -0.1) is 11.3 Å². The summed E-state index contributed by atoms with van der Waals surface area (Å²) in [4.78, 5) is 16.7. The molecule has 1 unspecified atom stereocenters. The third-order valence-electron chi connectivity index (χ3n) is 3.92. The van der Waals surface area contributed by atoms with Gasteiger partial charge in [0, 0.05) is 13.2 Å². The molecule has 1 atom stereocenters. The zero-order valence-electron chi connectivity index (χ0n) is 11.8. The second-order valence-electron chi connectivity index (χ2n) is 5.47. The van der Waals surface area contributed by atoms with E-state index < -0.39 is 0 Å². The van der Waals surface area contributed by atoms with Crippen molar-refractivity contribution in [2.75, 3.05) is 6.61 Å².